The summed E-state index contributed by atoms with van der Waals surface area (Å²) in [7, 11) is 0. The zero-order valence-electron chi connectivity index (χ0n) is 10.6. The SMILES string of the molecule is Cc1sc2nc(CC(=O)O)cn2c1-c1ccc(F)cc1. The lowest BCUT2D eigenvalue weighted by molar-refractivity contribution is -0.136. The van der Waals surface area contributed by atoms with E-state index in [0.29, 0.717) is 5.69 Å². The third kappa shape index (κ3) is 2.18. The molecule has 102 valence electrons. The Morgan fingerprint density at radius 2 is 2.10 bits per heavy atom. The predicted octanol–water partition coefficient (Wildman–Crippen LogP) is 3.14. The summed E-state index contributed by atoms with van der Waals surface area (Å²) in [6, 6.07) is 6.24. The van der Waals surface area contributed by atoms with Gasteiger partial charge in [-0.3, -0.25) is 9.20 Å². The molecule has 0 aliphatic heterocycles. The molecule has 0 spiro atoms. The molecular formula is C14H11FN2O2S. The number of thiazole rings is 1. The fraction of sp³-hybridized carbons (Fsp3) is 0.143. The van der Waals surface area contributed by atoms with Crippen molar-refractivity contribution in [3.63, 3.8) is 0 Å². The number of nitrogens with zero attached hydrogens (tertiary/aromatic N) is 2. The monoisotopic (exact) mass is 290 g/mol. The lowest BCUT2D eigenvalue weighted by Crippen LogP contribution is -1.99. The summed E-state index contributed by atoms with van der Waals surface area (Å²) in [6.45, 7) is 1.97. The van der Waals surface area contributed by atoms with E-state index in [1.165, 1.54) is 23.5 Å². The van der Waals surface area contributed by atoms with Crippen LogP contribution in [0.1, 0.15) is 10.6 Å². The quantitative estimate of drug-likeness (QED) is 0.806. The van der Waals surface area contributed by atoms with Crippen molar-refractivity contribution in [3.8, 4) is 11.3 Å². The summed E-state index contributed by atoms with van der Waals surface area (Å²) < 4.78 is 14.9. The maximum atomic E-state index is 13.0. The molecule has 0 saturated heterocycles. The van der Waals surface area contributed by atoms with Crippen molar-refractivity contribution in [2.45, 2.75) is 13.3 Å². The van der Waals surface area contributed by atoms with E-state index in [2.05, 4.69) is 4.98 Å². The Balaban J connectivity index is 2.13. The Morgan fingerprint density at radius 3 is 2.75 bits per heavy atom. The van der Waals surface area contributed by atoms with Gasteiger partial charge in [0.25, 0.3) is 0 Å². The van der Waals surface area contributed by atoms with Gasteiger partial charge in [0.15, 0.2) is 4.96 Å². The lowest BCUT2D eigenvalue weighted by Gasteiger charge is -2.01. The number of rotatable bonds is 3. The van der Waals surface area contributed by atoms with Gasteiger partial charge in [0.1, 0.15) is 5.82 Å². The minimum atomic E-state index is -0.907. The summed E-state index contributed by atoms with van der Waals surface area (Å²) in [4.78, 5) is 16.8. The highest BCUT2D eigenvalue weighted by Gasteiger charge is 2.15. The summed E-state index contributed by atoms with van der Waals surface area (Å²) in [6.07, 6.45) is 1.63. The molecule has 0 fully saturated rings. The highest BCUT2D eigenvalue weighted by atomic mass is 32.1. The van der Waals surface area contributed by atoms with Gasteiger partial charge in [-0.05, 0) is 36.8 Å². The van der Waals surface area contributed by atoms with Crippen LogP contribution in [0.3, 0.4) is 0 Å². The molecule has 2 aromatic heterocycles. The van der Waals surface area contributed by atoms with Crippen LogP contribution in [-0.4, -0.2) is 20.5 Å². The van der Waals surface area contributed by atoms with E-state index in [1.54, 1.807) is 18.3 Å². The first kappa shape index (κ1) is 12.8. The molecule has 0 amide bonds. The molecule has 0 bridgehead atoms. The smallest absolute Gasteiger partial charge is 0.309 e. The number of aryl methyl sites for hydroxylation is 1. The predicted molar refractivity (Wildman–Crippen MR) is 74.5 cm³/mol. The summed E-state index contributed by atoms with van der Waals surface area (Å²) in [5, 5.41) is 8.81. The normalized spacial score (nSPS) is 11.1. The van der Waals surface area contributed by atoms with Crippen molar-refractivity contribution in [2.24, 2.45) is 0 Å². The van der Waals surface area contributed by atoms with Gasteiger partial charge in [-0.2, -0.15) is 0 Å². The molecule has 20 heavy (non-hydrogen) atoms. The van der Waals surface area contributed by atoms with E-state index < -0.39 is 5.97 Å². The van der Waals surface area contributed by atoms with Crippen LogP contribution in [0.4, 0.5) is 4.39 Å². The van der Waals surface area contributed by atoms with Gasteiger partial charge in [-0.15, -0.1) is 11.3 Å². The van der Waals surface area contributed by atoms with Gasteiger partial charge in [-0.1, -0.05) is 0 Å². The molecule has 0 radical (unpaired) electrons. The van der Waals surface area contributed by atoms with E-state index in [1.807, 2.05) is 11.3 Å². The first-order valence-electron chi connectivity index (χ1n) is 5.99. The first-order chi connectivity index (χ1) is 9.54. The number of fused-ring (bicyclic) bond motifs is 1. The van der Waals surface area contributed by atoms with E-state index >= 15 is 0 Å². The molecule has 0 unspecified atom stereocenters. The summed E-state index contributed by atoms with van der Waals surface area (Å²) in [5.74, 6) is -1.19. The number of carboxylic acid groups (broad SMARTS) is 1. The van der Waals surface area contributed by atoms with Crippen LogP contribution in [0.15, 0.2) is 30.5 Å². The molecule has 1 N–H and O–H groups in total. The number of hydrogen-bond acceptors (Lipinski definition) is 3. The molecule has 1 aromatic carbocycles. The minimum Gasteiger partial charge on any atom is -0.481 e. The number of aliphatic carboxylic acids is 1. The molecule has 3 rings (SSSR count). The Morgan fingerprint density at radius 1 is 1.40 bits per heavy atom. The second kappa shape index (κ2) is 4.72. The van der Waals surface area contributed by atoms with Crippen molar-refractivity contribution in [1.82, 2.24) is 9.38 Å². The third-order valence-electron chi connectivity index (χ3n) is 2.99. The molecule has 6 heteroatoms. The van der Waals surface area contributed by atoms with Crippen molar-refractivity contribution in [3.05, 3.63) is 46.9 Å². The van der Waals surface area contributed by atoms with Crippen molar-refractivity contribution >= 4 is 22.3 Å². The molecular weight excluding hydrogens is 279 g/mol. The van der Waals surface area contributed by atoms with Crippen molar-refractivity contribution in [1.29, 1.82) is 0 Å². The molecule has 0 aliphatic rings. The van der Waals surface area contributed by atoms with Gasteiger partial charge in [0, 0.05) is 11.1 Å². The second-order valence-corrected chi connectivity index (χ2v) is 5.65. The van der Waals surface area contributed by atoms with Crippen molar-refractivity contribution in [2.75, 3.05) is 0 Å². The van der Waals surface area contributed by atoms with Crippen LogP contribution < -0.4 is 0 Å². The lowest BCUT2D eigenvalue weighted by atomic mass is 10.1. The Bertz CT molecular complexity index is 789. The average molecular weight is 290 g/mol. The molecule has 0 atom stereocenters. The fourth-order valence-electron chi connectivity index (χ4n) is 2.19. The average Bonchev–Trinajstić information content (AvgIpc) is 2.86. The maximum Gasteiger partial charge on any atom is 0.309 e. The number of halogens is 1. The highest BCUT2D eigenvalue weighted by Crippen LogP contribution is 2.31. The van der Waals surface area contributed by atoms with Gasteiger partial charge in [0.05, 0.1) is 17.8 Å². The summed E-state index contributed by atoms with van der Waals surface area (Å²) >= 11 is 1.49. The Kier molecular flexibility index (Phi) is 3.02. The van der Waals surface area contributed by atoms with Gasteiger partial charge < -0.3 is 5.11 Å². The Hall–Kier alpha value is -2.21. The second-order valence-electron chi connectivity index (χ2n) is 4.47. The van der Waals surface area contributed by atoms with Crippen LogP contribution in [0.25, 0.3) is 16.2 Å². The van der Waals surface area contributed by atoms with Crippen LogP contribution in [0.2, 0.25) is 0 Å². The zero-order valence-corrected chi connectivity index (χ0v) is 11.4. The van der Waals surface area contributed by atoms with Gasteiger partial charge >= 0.3 is 5.97 Å². The topological polar surface area (TPSA) is 54.6 Å². The molecule has 0 aliphatic carbocycles. The number of imidazole rings is 1. The fourth-order valence-corrected chi connectivity index (χ4v) is 3.18. The summed E-state index contributed by atoms with van der Waals surface area (Å²) in [5.41, 5.74) is 2.33. The number of benzene rings is 1. The number of hydrogen-bond donors (Lipinski definition) is 1. The molecule has 3 aromatic rings. The number of carbonyl (C=O) groups is 1. The van der Waals surface area contributed by atoms with E-state index in [9.17, 15) is 9.18 Å². The number of carboxylic acids is 1. The van der Waals surface area contributed by atoms with E-state index in [0.717, 1.165) is 21.1 Å². The third-order valence-corrected chi connectivity index (χ3v) is 3.96. The van der Waals surface area contributed by atoms with Gasteiger partial charge in [-0.25, -0.2) is 9.37 Å². The molecule has 4 nitrogen and oxygen atoms in total. The zero-order chi connectivity index (χ0) is 14.3. The minimum absolute atomic E-state index is 0.101. The molecule has 0 saturated carbocycles. The van der Waals surface area contributed by atoms with Crippen LogP contribution in [-0.2, 0) is 11.2 Å². The number of aromatic nitrogens is 2. The van der Waals surface area contributed by atoms with Gasteiger partial charge in [0.2, 0.25) is 0 Å². The molecule has 2 heterocycles. The highest BCUT2D eigenvalue weighted by molar-refractivity contribution is 7.17. The van der Waals surface area contributed by atoms with E-state index in [4.69, 9.17) is 5.11 Å². The van der Waals surface area contributed by atoms with Crippen molar-refractivity contribution < 1.29 is 14.3 Å². The largest absolute Gasteiger partial charge is 0.481 e. The van der Waals surface area contributed by atoms with E-state index in [-0.39, 0.29) is 12.2 Å². The first-order valence-corrected chi connectivity index (χ1v) is 6.81. The van der Waals surface area contributed by atoms with Crippen LogP contribution >= 0.6 is 11.3 Å². The Labute approximate surface area is 118 Å². The maximum absolute atomic E-state index is 13.0. The van der Waals surface area contributed by atoms with Crippen LogP contribution in [0.5, 0.6) is 0 Å². The van der Waals surface area contributed by atoms with Crippen LogP contribution in [0, 0.1) is 12.7 Å². The standard InChI is InChI=1S/C14H11FN2O2S/c1-8-13(9-2-4-10(15)5-3-9)17-7-11(6-12(18)19)16-14(17)20-8/h2-5,7H,6H2,1H3,(H,18,19).